The van der Waals surface area contributed by atoms with Gasteiger partial charge in [-0.3, -0.25) is 4.31 Å². The van der Waals surface area contributed by atoms with Gasteiger partial charge in [-0.05, 0) is 42.5 Å². The molecule has 0 aliphatic carbocycles. The number of methoxy groups -OCH3 is 1. The number of halogens is 1. The highest BCUT2D eigenvalue weighted by Gasteiger charge is 2.23. The summed E-state index contributed by atoms with van der Waals surface area (Å²) >= 11 is 5.77. The number of rotatable bonds is 5. The van der Waals surface area contributed by atoms with E-state index in [9.17, 15) is 13.2 Å². The van der Waals surface area contributed by atoms with Crippen LogP contribution in [-0.2, 0) is 10.0 Å². The van der Waals surface area contributed by atoms with Gasteiger partial charge in [0.05, 0.1) is 28.3 Å². The van der Waals surface area contributed by atoms with E-state index >= 15 is 0 Å². The van der Waals surface area contributed by atoms with Gasteiger partial charge in [-0.1, -0.05) is 11.6 Å². The fraction of sp³-hybridized carbons (Fsp3) is 0.133. The zero-order valence-corrected chi connectivity index (χ0v) is 13.9. The summed E-state index contributed by atoms with van der Waals surface area (Å²) in [6.07, 6.45) is 0. The van der Waals surface area contributed by atoms with Crippen LogP contribution in [-0.4, -0.2) is 33.7 Å². The van der Waals surface area contributed by atoms with Gasteiger partial charge in [-0.15, -0.1) is 0 Å². The third kappa shape index (κ3) is 3.40. The summed E-state index contributed by atoms with van der Waals surface area (Å²) in [5.74, 6) is -0.696. The Labute approximate surface area is 138 Å². The number of carbonyl (C=O) groups is 1. The van der Waals surface area contributed by atoms with E-state index in [1.165, 1.54) is 26.3 Å². The average molecular weight is 356 g/mol. The molecule has 122 valence electrons. The zero-order valence-electron chi connectivity index (χ0n) is 12.4. The molecule has 8 heteroatoms. The lowest BCUT2D eigenvalue weighted by molar-refractivity contribution is 0.0697. The smallest absolute Gasteiger partial charge is 0.337 e. The van der Waals surface area contributed by atoms with E-state index in [-0.39, 0.29) is 15.5 Å². The number of anilines is 1. The second-order valence-corrected chi connectivity index (χ2v) is 6.99. The lowest BCUT2D eigenvalue weighted by atomic mass is 10.2. The first-order valence-corrected chi connectivity index (χ1v) is 8.25. The van der Waals surface area contributed by atoms with Crippen molar-refractivity contribution in [3.8, 4) is 5.75 Å². The van der Waals surface area contributed by atoms with Crippen LogP contribution in [0.25, 0.3) is 0 Å². The van der Waals surface area contributed by atoms with E-state index in [1.807, 2.05) is 0 Å². The quantitative estimate of drug-likeness (QED) is 0.891. The molecule has 0 fully saturated rings. The number of hydrogen-bond acceptors (Lipinski definition) is 4. The van der Waals surface area contributed by atoms with E-state index in [4.69, 9.17) is 21.4 Å². The highest BCUT2D eigenvalue weighted by Crippen LogP contribution is 2.26. The van der Waals surface area contributed by atoms with Crippen LogP contribution in [0.5, 0.6) is 5.75 Å². The van der Waals surface area contributed by atoms with E-state index in [0.717, 1.165) is 10.4 Å². The minimum Gasteiger partial charge on any atom is -0.497 e. The molecule has 0 saturated heterocycles. The van der Waals surface area contributed by atoms with Gasteiger partial charge in [0, 0.05) is 7.05 Å². The van der Waals surface area contributed by atoms with Gasteiger partial charge >= 0.3 is 5.97 Å². The van der Waals surface area contributed by atoms with Crippen LogP contribution in [0, 0.1) is 0 Å². The van der Waals surface area contributed by atoms with Gasteiger partial charge in [0.2, 0.25) is 0 Å². The molecule has 2 rings (SSSR count). The number of hydrogen-bond donors (Lipinski definition) is 1. The van der Waals surface area contributed by atoms with Gasteiger partial charge < -0.3 is 9.84 Å². The van der Waals surface area contributed by atoms with Gasteiger partial charge in [-0.25, -0.2) is 13.2 Å². The molecule has 0 aliphatic heterocycles. The maximum absolute atomic E-state index is 12.6. The van der Waals surface area contributed by atoms with E-state index < -0.39 is 16.0 Å². The minimum atomic E-state index is -3.91. The maximum atomic E-state index is 12.6. The summed E-state index contributed by atoms with van der Waals surface area (Å²) in [7, 11) is -1.02. The molecule has 0 radical (unpaired) electrons. The van der Waals surface area contributed by atoms with Crippen LogP contribution in [0.15, 0.2) is 47.4 Å². The Balaban J connectivity index is 2.44. The lowest BCUT2D eigenvalue weighted by Crippen LogP contribution is -2.26. The van der Waals surface area contributed by atoms with Crippen molar-refractivity contribution in [1.29, 1.82) is 0 Å². The van der Waals surface area contributed by atoms with Crippen LogP contribution < -0.4 is 9.04 Å². The lowest BCUT2D eigenvalue weighted by Gasteiger charge is -2.20. The molecule has 0 heterocycles. The predicted molar refractivity (Wildman–Crippen MR) is 87.0 cm³/mol. The van der Waals surface area contributed by atoms with Crippen molar-refractivity contribution in [2.75, 3.05) is 18.5 Å². The third-order valence-electron chi connectivity index (χ3n) is 3.26. The molecule has 0 atom stereocenters. The average Bonchev–Trinajstić information content (AvgIpc) is 2.54. The van der Waals surface area contributed by atoms with Crippen molar-refractivity contribution in [2.24, 2.45) is 0 Å². The molecule has 6 nitrogen and oxygen atoms in total. The number of carboxylic acid groups (broad SMARTS) is 1. The van der Waals surface area contributed by atoms with Crippen molar-refractivity contribution in [3.05, 3.63) is 53.1 Å². The predicted octanol–water partition coefficient (Wildman–Crippen LogP) is 2.87. The Morgan fingerprint density at radius 3 is 2.30 bits per heavy atom. The molecule has 0 aliphatic rings. The minimum absolute atomic E-state index is 0.0245. The van der Waals surface area contributed by atoms with Crippen LogP contribution in [0.4, 0.5) is 5.69 Å². The van der Waals surface area contributed by atoms with Crippen LogP contribution in [0.2, 0.25) is 5.02 Å². The summed E-state index contributed by atoms with van der Waals surface area (Å²) in [4.78, 5) is 10.9. The molecule has 0 saturated carbocycles. The number of aromatic carboxylic acids is 1. The molecule has 2 aromatic rings. The highest BCUT2D eigenvalue weighted by molar-refractivity contribution is 7.92. The zero-order chi connectivity index (χ0) is 17.2. The Hall–Kier alpha value is -2.25. The molecule has 0 unspecified atom stereocenters. The van der Waals surface area contributed by atoms with Crippen LogP contribution in [0.1, 0.15) is 10.4 Å². The molecular weight excluding hydrogens is 342 g/mol. The first kappa shape index (κ1) is 17.1. The molecule has 0 aromatic heterocycles. The molecule has 2 aromatic carbocycles. The van der Waals surface area contributed by atoms with Crippen molar-refractivity contribution >= 4 is 33.3 Å². The topological polar surface area (TPSA) is 83.9 Å². The first-order valence-electron chi connectivity index (χ1n) is 6.43. The van der Waals surface area contributed by atoms with Gasteiger partial charge in [0.25, 0.3) is 10.0 Å². The molecule has 23 heavy (non-hydrogen) atoms. The number of carboxylic acids is 1. The fourth-order valence-electron chi connectivity index (χ4n) is 1.92. The van der Waals surface area contributed by atoms with Crippen LogP contribution in [0.3, 0.4) is 0 Å². The van der Waals surface area contributed by atoms with Crippen molar-refractivity contribution in [3.63, 3.8) is 0 Å². The summed E-state index contributed by atoms with van der Waals surface area (Å²) in [5, 5.41) is 9.04. The molecule has 0 bridgehead atoms. The van der Waals surface area contributed by atoms with E-state index in [2.05, 4.69) is 0 Å². The Kier molecular flexibility index (Phi) is 4.82. The summed E-state index contributed by atoms with van der Waals surface area (Å²) in [6.45, 7) is 0. The first-order chi connectivity index (χ1) is 10.8. The molecular formula is C15H14ClNO5S. The van der Waals surface area contributed by atoms with Crippen molar-refractivity contribution < 1.29 is 23.1 Å². The summed E-state index contributed by atoms with van der Waals surface area (Å²) < 4.78 is 31.3. The summed E-state index contributed by atoms with van der Waals surface area (Å²) in [6, 6.07) is 10.00. The van der Waals surface area contributed by atoms with Crippen LogP contribution >= 0.6 is 11.6 Å². The standard InChI is InChI=1S/C15H14ClNO5S/c1-17(10-3-5-11(22-2)6-4-10)23(20,21)12-7-8-14(16)13(9-12)15(18)19/h3-9H,1-2H3,(H,18,19). The largest absolute Gasteiger partial charge is 0.497 e. The summed E-state index contributed by atoms with van der Waals surface area (Å²) in [5.41, 5.74) is 0.147. The highest BCUT2D eigenvalue weighted by atomic mass is 35.5. The van der Waals surface area contributed by atoms with Gasteiger partial charge in [0.15, 0.2) is 0 Å². The Morgan fingerprint density at radius 2 is 1.78 bits per heavy atom. The SMILES string of the molecule is COc1ccc(N(C)S(=O)(=O)c2ccc(Cl)c(C(=O)O)c2)cc1. The number of ether oxygens (including phenoxy) is 1. The molecule has 0 spiro atoms. The van der Waals surface area contributed by atoms with Crippen molar-refractivity contribution in [1.82, 2.24) is 0 Å². The third-order valence-corrected chi connectivity index (χ3v) is 5.37. The number of sulfonamides is 1. The van der Waals surface area contributed by atoms with Gasteiger partial charge in [0.1, 0.15) is 5.75 Å². The second kappa shape index (κ2) is 6.47. The van der Waals surface area contributed by atoms with Gasteiger partial charge in [-0.2, -0.15) is 0 Å². The Morgan fingerprint density at radius 1 is 1.17 bits per heavy atom. The van der Waals surface area contributed by atoms with Crippen molar-refractivity contribution in [2.45, 2.75) is 4.90 Å². The normalized spacial score (nSPS) is 11.1. The second-order valence-electron chi connectivity index (χ2n) is 4.62. The van der Waals surface area contributed by atoms with E-state index in [1.54, 1.807) is 24.3 Å². The molecule has 0 amide bonds. The van der Waals surface area contributed by atoms with E-state index in [0.29, 0.717) is 11.4 Å². The monoisotopic (exact) mass is 355 g/mol. The number of benzene rings is 2. The number of nitrogens with zero attached hydrogens (tertiary/aromatic N) is 1. The molecule has 1 N–H and O–H groups in total. The fourth-order valence-corrected chi connectivity index (χ4v) is 3.34. The maximum Gasteiger partial charge on any atom is 0.337 e. The Bertz CT molecular complexity index is 833.